The van der Waals surface area contributed by atoms with Crippen LogP contribution in [0.15, 0.2) is 65.6 Å². The third-order valence-corrected chi connectivity index (χ3v) is 8.40. The van der Waals surface area contributed by atoms with Gasteiger partial charge in [0.1, 0.15) is 0 Å². The second-order valence-corrected chi connectivity index (χ2v) is 11.2. The lowest BCUT2D eigenvalue weighted by molar-refractivity contribution is -0.143. The minimum absolute atomic E-state index is 0.118. The molecule has 0 aromatic heterocycles. The van der Waals surface area contributed by atoms with Gasteiger partial charge in [-0.25, -0.2) is 14.3 Å². The van der Waals surface area contributed by atoms with Crippen molar-refractivity contribution in [1.82, 2.24) is 4.31 Å². The Bertz CT molecular complexity index is 1360. The number of benzene rings is 3. The summed E-state index contributed by atoms with van der Waals surface area (Å²) in [5, 5.41) is 1.46. The number of hydrazine groups is 1. The first-order valence-corrected chi connectivity index (χ1v) is 13.5. The van der Waals surface area contributed by atoms with E-state index in [9.17, 15) is 13.2 Å². The van der Waals surface area contributed by atoms with Gasteiger partial charge in [-0.1, -0.05) is 42.5 Å². The molecule has 3 aromatic carbocycles. The van der Waals surface area contributed by atoms with E-state index in [1.807, 2.05) is 44.2 Å². The van der Waals surface area contributed by atoms with Gasteiger partial charge in [-0.15, -0.1) is 0 Å². The van der Waals surface area contributed by atoms with Gasteiger partial charge in [0.15, 0.2) is 0 Å². The van der Waals surface area contributed by atoms with Crippen molar-refractivity contribution in [2.24, 2.45) is 5.84 Å². The monoisotopic (exact) mass is 524 g/mol. The normalized spacial score (nSPS) is 12.4. The van der Waals surface area contributed by atoms with E-state index in [-0.39, 0.29) is 36.4 Å². The molecular weight excluding hydrogens is 488 g/mol. The van der Waals surface area contributed by atoms with Crippen LogP contribution in [0, 0.1) is 13.8 Å². The summed E-state index contributed by atoms with van der Waals surface area (Å²) in [6, 6.07) is 18.0. The Morgan fingerprint density at radius 2 is 1.70 bits per heavy atom. The zero-order valence-electron chi connectivity index (χ0n) is 22.1. The summed E-state index contributed by atoms with van der Waals surface area (Å²) in [6.07, 6.45) is 0.118. The number of nitrogen functional groups attached to an aromatic ring is 1. The number of anilines is 2. The van der Waals surface area contributed by atoms with Crippen LogP contribution >= 0.6 is 0 Å². The highest BCUT2D eigenvalue weighted by Crippen LogP contribution is 2.37. The molecule has 0 aliphatic rings. The smallest absolute Gasteiger partial charge is 0.306 e. The molecule has 3 aromatic rings. The first kappa shape index (κ1) is 28.2. The highest BCUT2D eigenvalue weighted by molar-refractivity contribution is 7.89. The summed E-state index contributed by atoms with van der Waals surface area (Å²) in [5.74, 6) is 5.26. The van der Waals surface area contributed by atoms with Gasteiger partial charge in [0.2, 0.25) is 10.0 Å². The van der Waals surface area contributed by atoms with Crippen molar-refractivity contribution in [3.63, 3.8) is 0 Å². The summed E-state index contributed by atoms with van der Waals surface area (Å²) in [5.41, 5.74) is 12.0. The van der Waals surface area contributed by atoms with Crippen LogP contribution in [0.1, 0.15) is 47.1 Å². The van der Waals surface area contributed by atoms with Crippen LogP contribution in [0.2, 0.25) is 0 Å². The number of ether oxygens (including phenoxy) is 1. The summed E-state index contributed by atoms with van der Waals surface area (Å²) in [4.78, 5) is 12.9. The van der Waals surface area contributed by atoms with Crippen LogP contribution in [-0.4, -0.2) is 39.4 Å². The molecule has 3 rings (SSSR count). The molecule has 198 valence electrons. The minimum Gasteiger partial charge on any atom is -0.466 e. The summed E-state index contributed by atoms with van der Waals surface area (Å²) < 4.78 is 32.8. The Kier molecular flexibility index (Phi) is 8.96. The number of rotatable bonds is 10. The number of nitrogens with two attached hydrogens (primary N) is 2. The van der Waals surface area contributed by atoms with Gasteiger partial charge in [-0.2, -0.15) is 4.31 Å². The maximum atomic E-state index is 13.1. The van der Waals surface area contributed by atoms with Crippen molar-refractivity contribution in [3.05, 3.63) is 88.5 Å². The van der Waals surface area contributed by atoms with Crippen molar-refractivity contribution in [2.75, 3.05) is 31.4 Å². The van der Waals surface area contributed by atoms with Crippen LogP contribution < -0.4 is 16.6 Å². The van der Waals surface area contributed by atoms with Crippen molar-refractivity contribution in [1.29, 1.82) is 0 Å². The van der Waals surface area contributed by atoms with Crippen molar-refractivity contribution in [3.8, 4) is 0 Å². The van der Waals surface area contributed by atoms with E-state index in [0.717, 1.165) is 27.8 Å². The molecule has 0 fully saturated rings. The lowest BCUT2D eigenvalue weighted by atomic mass is 9.84. The molecule has 0 spiro atoms. The van der Waals surface area contributed by atoms with Gasteiger partial charge in [0, 0.05) is 26.6 Å². The van der Waals surface area contributed by atoms with Crippen LogP contribution in [-0.2, 0) is 26.1 Å². The predicted octanol–water partition coefficient (Wildman–Crippen LogP) is 4.10. The highest BCUT2D eigenvalue weighted by atomic mass is 32.2. The first-order valence-electron chi connectivity index (χ1n) is 12.1. The van der Waals surface area contributed by atoms with Gasteiger partial charge in [-0.3, -0.25) is 4.79 Å². The minimum atomic E-state index is -3.66. The maximum absolute atomic E-state index is 13.1. The number of carbonyl (C=O) groups is 1. The molecule has 0 heterocycles. The van der Waals surface area contributed by atoms with Gasteiger partial charge >= 0.3 is 5.97 Å². The topological polar surface area (TPSA) is 119 Å². The third kappa shape index (κ3) is 6.30. The Balaban J connectivity index is 2.04. The fourth-order valence-corrected chi connectivity index (χ4v) is 5.56. The van der Waals surface area contributed by atoms with Gasteiger partial charge in [0.25, 0.3) is 0 Å². The molecule has 1 unspecified atom stereocenters. The fourth-order valence-electron chi connectivity index (χ4n) is 4.39. The average Bonchev–Trinajstić information content (AvgIpc) is 2.86. The van der Waals surface area contributed by atoms with E-state index >= 15 is 0 Å². The van der Waals surface area contributed by atoms with Crippen LogP contribution in [0.25, 0.3) is 0 Å². The number of carbonyl (C=O) groups excluding carboxylic acids is 1. The lowest BCUT2D eigenvalue weighted by Gasteiger charge is -2.25. The fraction of sp³-hybridized carbons (Fsp3) is 0.321. The number of sulfonamides is 1. The molecule has 0 radical (unpaired) electrons. The van der Waals surface area contributed by atoms with Crippen LogP contribution in [0.3, 0.4) is 0 Å². The number of aryl methyl sites for hydroxylation is 1. The molecule has 0 aliphatic carbocycles. The molecule has 9 heteroatoms. The molecule has 1 atom stereocenters. The average molecular weight is 525 g/mol. The Morgan fingerprint density at radius 3 is 2.32 bits per heavy atom. The van der Waals surface area contributed by atoms with E-state index in [4.69, 9.17) is 16.3 Å². The van der Waals surface area contributed by atoms with Crippen LogP contribution in [0.5, 0.6) is 0 Å². The standard InChI is InChI=1S/C28H36N4O4S/c1-6-36-27(33)17-25(24-14-15-26(32(5)30)28(29)20(24)3)21-13-12-19(2)22(16-21)18-31(4)37(34,35)23-10-8-7-9-11-23/h7-16,25H,6,17-18,29-30H2,1-5H3. The van der Waals surface area contributed by atoms with Gasteiger partial charge in [-0.05, 0) is 66.8 Å². The van der Waals surface area contributed by atoms with E-state index < -0.39 is 10.0 Å². The molecule has 8 nitrogen and oxygen atoms in total. The zero-order valence-corrected chi connectivity index (χ0v) is 22.9. The molecule has 0 saturated heterocycles. The predicted molar refractivity (Wildman–Crippen MR) is 148 cm³/mol. The number of hydrogen-bond acceptors (Lipinski definition) is 7. The molecule has 0 bridgehead atoms. The first-order chi connectivity index (χ1) is 17.5. The summed E-state index contributed by atoms with van der Waals surface area (Å²) in [6.45, 7) is 6.09. The second kappa shape index (κ2) is 11.8. The lowest BCUT2D eigenvalue weighted by Crippen LogP contribution is -2.27. The van der Waals surface area contributed by atoms with Gasteiger partial charge in [0.05, 0.1) is 29.3 Å². The summed E-state index contributed by atoms with van der Waals surface area (Å²) in [7, 11) is -0.382. The zero-order chi connectivity index (χ0) is 27.3. The van der Waals surface area contributed by atoms with E-state index in [1.165, 1.54) is 9.31 Å². The molecular formula is C28H36N4O4S. The van der Waals surface area contributed by atoms with E-state index in [0.29, 0.717) is 11.4 Å². The largest absolute Gasteiger partial charge is 0.466 e. The highest BCUT2D eigenvalue weighted by Gasteiger charge is 2.25. The van der Waals surface area contributed by atoms with Gasteiger partial charge < -0.3 is 15.5 Å². The number of hydrogen-bond donors (Lipinski definition) is 2. The number of nitrogens with zero attached hydrogens (tertiary/aromatic N) is 2. The van der Waals surface area contributed by atoms with Crippen molar-refractivity contribution >= 4 is 27.4 Å². The summed E-state index contributed by atoms with van der Waals surface area (Å²) >= 11 is 0. The molecule has 4 N–H and O–H groups in total. The maximum Gasteiger partial charge on any atom is 0.306 e. The Morgan fingerprint density at radius 1 is 1.03 bits per heavy atom. The van der Waals surface area contributed by atoms with E-state index in [2.05, 4.69) is 0 Å². The molecule has 0 aliphatic heterocycles. The molecule has 0 saturated carbocycles. The Labute approximate surface area is 219 Å². The third-order valence-electron chi connectivity index (χ3n) is 6.59. The van der Waals surface area contributed by atoms with Crippen molar-refractivity contribution in [2.45, 2.75) is 44.6 Å². The SMILES string of the molecule is CCOC(=O)CC(c1ccc(C)c(CN(C)S(=O)(=O)c2ccccc2)c1)c1ccc(N(C)N)c(N)c1C. The molecule has 0 amide bonds. The molecule has 37 heavy (non-hydrogen) atoms. The number of esters is 1. The Hall–Kier alpha value is -3.40. The second-order valence-electron chi connectivity index (χ2n) is 9.15. The van der Waals surface area contributed by atoms with Crippen LogP contribution in [0.4, 0.5) is 11.4 Å². The van der Waals surface area contributed by atoms with E-state index in [1.54, 1.807) is 51.4 Å². The van der Waals surface area contributed by atoms with Crippen molar-refractivity contribution < 1.29 is 17.9 Å². The quantitative estimate of drug-likeness (QED) is 0.177.